The number of hydrogen-bond donors (Lipinski definition) is 1. The lowest BCUT2D eigenvalue weighted by atomic mass is 10.2. The average molecular weight is 399 g/mol. The minimum atomic E-state index is -0.195. The molecule has 3 aromatic rings. The maximum Gasteiger partial charge on any atom is 0.244 e. The number of ether oxygens (including phenoxy) is 2. The van der Waals surface area contributed by atoms with Crippen LogP contribution in [0.5, 0.6) is 11.5 Å². The number of amides is 1. The molecule has 0 bridgehead atoms. The van der Waals surface area contributed by atoms with E-state index >= 15 is 0 Å². The number of pyridine rings is 1. The SMILES string of the molecule is N#CCOc1ccc(C=CC(=O)NCc2cccc(OCc3ccccn3)c2)cc1. The minimum Gasteiger partial charge on any atom is -0.487 e. The number of nitrogens with one attached hydrogen (secondary N) is 1. The first-order valence-corrected chi connectivity index (χ1v) is 9.40. The number of benzene rings is 2. The van der Waals surface area contributed by atoms with Gasteiger partial charge in [-0.05, 0) is 53.6 Å². The third-order valence-electron chi connectivity index (χ3n) is 4.09. The van der Waals surface area contributed by atoms with Crippen molar-refractivity contribution in [1.29, 1.82) is 5.26 Å². The van der Waals surface area contributed by atoms with Crippen LogP contribution in [-0.4, -0.2) is 17.5 Å². The van der Waals surface area contributed by atoms with Gasteiger partial charge < -0.3 is 14.8 Å². The molecular weight excluding hydrogens is 378 g/mol. The topological polar surface area (TPSA) is 84.2 Å². The highest BCUT2D eigenvalue weighted by atomic mass is 16.5. The van der Waals surface area contributed by atoms with Crippen LogP contribution in [0.3, 0.4) is 0 Å². The molecule has 1 N–H and O–H groups in total. The van der Waals surface area contributed by atoms with E-state index in [0.717, 1.165) is 22.6 Å². The molecule has 150 valence electrons. The van der Waals surface area contributed by atoms with Crippen molar-refractivity contribution >= 4 is 12.0 Å². The van der Waals surface area contributed by atoms with E-state index in [0.29, 0.717) is 18.9 Å². The molecule has 0 radical (unpaired) electrons. The van der Waals surface area contributed by atoms with Crippen molar-refractivity contribution in [1.82, 2.24) is 10.3 Å². The lowest BCUT2D eigenvalue weighted by Gasteiger charge is -2.08. The fraction of sp³-hybridized carbons (Fsp3) is 0.125. The normalized spacial score (nSPS) is 10.4. The number of carbonyl (C=O) groups excluding carboxylic acids is 1. The second-order valence-electron chi connectivity index (χ2n) is 6.32. The van der Waals surface area contributed by atoms with Crippen molar-refractivity contribution in [3.8, 4) is 17.6 Å². The molecule has 3 rings (SSSR count). The van der Waals surface area contributed by atoms with Gasteiger partial charge in [0.05, 0.1) is 5.69 Å². The molecular formula is C24H21N3O3. The Morgan fingerprint density at radius 2 is 1.90 bits per heavy atom. The van der Waals surface area contributed by atoms with Crippen LogP contribution in [-0.2, 0) is 17.9 Å². The van der Waals surface area contributed by atoms with Gasteiger partial charge in [-0.1, -0.05) is 30.3 Å². The van der Waals surface area contributed by atoms with Gasteiger partial charge in [-0.15, -0.1) is 0 Å². The van der Waals surface area contributed by atoms with Gasteiger partial charge in [0.1, 0.15) is 24.2 Å². The summed E-state index contributed by atoms with van der Waals surface area (Å²) in [7, 11) is 0. The Morgan fingerprint density at radius 1 is 1.03 bits per heavy atom. The second kappa shape index (κ2) is 11.0. The quantitative estimate of drug-likeness (QED) is 0.552. The summed E-state index contributed by atoms with van der Waals surface area (Å²) in [6.45, 7) is 0.789. The minimum absolute atomic E-state index is 0.00692. The van der Waals surface area contributed by atoms with Crippen molar-refractivity contribution in [3.63, 3.8) is 0 Å². The van der Waals surface area contributed by atoms with Gasteiger partial charge in [0, 0.05) is 18.8 Å². The molecule has 0 saturated carbocycles. The Morgan fingerprint density at radius 3 is 2.67 bits per heavy atom. The predicted octanol–water partition coefficient (Wildman–Crippen LogP) is 3.89. The molecule has 0 unspecified atom stereocenters. The largest absolute Gasteiger partial charge is 0.487 e. The van der Waals surface area contributed by atoms with Gasteiger partial charge in [0.15, 0.2) is 6.61 Å². The molecule has 0 atom stereocenters. The molecule has 1 amide bonds. The van der Waals surface area contributed by atoms with Crippen molar-refractivity contribution in [3.05, 3.63) is 95.8 Å². The van der Waals surface area contributed by atoms with Crippen LogP contribution in [0.4, 0.5) is 0 Å². The highest BCUT2D eigenvalue weighted by molar-refractivity contribution is 5.91. The molecule has 1 aromatic heterocycles. The first kappa shape index (κ1) is 20.6. The Labute approximate surface area is 175 Å². The number of nitriles is 1. The number of carbonyl (C=O) groups is 1. The van der Waals surface area contributed by atoms with Crippen LogP contribution in [0.1, 0.15) is 16.8 Å². The smallest absolute Gasteiger partial charge is 0.244 e. The zero-order valence-corrected chi connectivity index (χ0v) is 16.3. The maximum absolute atomic E-state index is 12.1. The number of rotatable bonds is 9. The van der Waals surface area contributed by atoms with E-state index in [1.807, 2.05) is 60.7 Å². The van der Waals surface area contributed by atoms with E-state index < -0.39 is 0 Å². The van der Waals surface area contributed by atoms with Gasteiger partial charge in [-0.2, -0.15) is 5.26 Å². The van der Waals surface area contributed by atoms with Crippen LogP contribution in [0.2, 0.25) is 0 Å². The highest BCUT2D eigenvalue weighted by Crippen LogP contribution is 2.15. The second-order valence-corrected chi connectivity index (χ2v) is 6.32. The zero-order valence-electron chi connectivity index (χ0n) is 16.3. The van der Waals surface area contributed by atoms with Gasteiger partial charge in [-0.3, -0.25) is 9.78 Å². The molecule has 6 heteroatoms. The average Bonchev–Trinajstić information content (AvgIpc) is 2.80. The third kappa shape index (κ3) is 6.80. The summed E-state index contributed by atoms with van der Waals surface area (Å²) in [5.74, 6) is 1.14. The number of nitrogens with zero attached hydrogens (tertiary/aromatic N) is 2. The van der Waals surface area contributed by atoms with Crippen LogP contribution in [0, 0.1) is 11.3 Å². The van der Waals surface area contributed by atoms with Crippen molar-refractivity contribution in [2.45, 2.75) is 13.2 Å². The van der Waals surface area contributed by atoms with E-state index in [2.05, 4.69) is 10.3 Å². The van der Waals surface area contributed by atoms with Gasteiger partial charge in [0.2, 0.25) is 5.91 Å². The van der Waals surface area contributed by atoms with Gasteiger partial charge in [0.25, 0.3) is 0 Å². The zero-order chi connectivity index (χ0) is 21.0. The van der Waals surface area contributed by atoms with E-state index in [-0.39, 0.29) is 12.5 Å². The molecule has 0 aliphatic carbocycles. The molecule has 0 aliphatic rings. The molecule has 0 aliphatic heterocycles. The Bertz CT molecular complexity index is 1030. The molecule has 2 aromatic carbocycles. The highest BCUT2D eigenvalue weighted by Gasteiger charge is 2.01. The van der Waals surface area contributed by atoms with Crippen molar-refractivity contribution in [2.75, 3.05) is 6.61 Å². The third-order valence-corrected chi connectivity index (χ3v) is 4.09. The lowest BCUT2D eigenvalue weighted by Crippen LogP contribution is -2.20. The van der Waals surface area contributed by atoms with E-state index in [4.69, 9.17) is 14.7 Å². The standard InChI is InChI=1S/C24H21N3O3/c25-13-15-29-22-10-7-19(8-11-22)9-12-24(28)27-17-20-4-3-6-23(16-20)30-18-21-5-1-2-14-26-21/h1-12,14,16H,15,17-18H2,(H,27,28). The van der Waals surface area contributed by atoms with E-state index in [1.54, 1.807) is 24.4 Å². The summed E-state index contributed by atoms with van der Waals surface area (Å²) in [6, 6.07) is 22.3. The van der Waals surface area contributed by atoms with Crippen LogP contribution >= 0.6 is 0 Å². The summed E-state index contributed by atoms with van der Waals surface area (Å²) in [6.07, 6.45) is 4.93. The van der Waals surface area contributed by atoms with E-state index in [9.17, 15) is 4.79 Å². The fourth-order valence-electron chi connectivity index (χ4n) is 2.60. The fourth-order valence-corrected chi connectivity index (χ4v) is 2.60. The Hall–Kier alpha value is -4.11. The Balaban J connectivity index is 1.47. The predicted molar refractivity (Wildman–Crippen MR) is 113 cm³/mol. The lowest BCUT2D eigenvalue weighted by molar-refractivity contribution is -0.116. The summed E-state index contributed by atoms with van der Waals surface area (Å²) < 4.78 is 11.0. The molecule has 0 spiro atoms. The molecule has 0 fully saturated rings. The number of hydrogen-bond acceptors (Lipinski definition) is 5. The monoisotopic (exact) mass is 399 g/mol. The first-order valence-electron chi connectivity index (χ1n) is 9.40. The van der Waals surface area contributed by atoms with Crippen molar-refractivity contribution < 1.29 is 14.3 Å². The summed E-state index contributed by atoms with van der Waals surface area (Å²) >= 11 is 0. The number of aromatic nitrogens is 1. The maximum atomic E-state index is 12.1. The van der Waals surface area contributed by atoms with Crippen LogP contribution in [0.25, 0.3) is 6.08 Å². The van der Waals surface area contributed by atoms with Crippen LogP contribution in [0.15, 0.2) is 79.0 Å². The van der Waals surface area contributed by atoms with Crippen molar-refractivity contribution in [2.24, 2.45) is 0 Å². The molecule has 30 heavy (non-hydrogen) atoms. The van der Waals surface area contributed by atoms with Gasteiger partial charge in [-0.25, -0.2) is 0 Å². The van der Waals surface area contributed by atoms with Crippen LogP contribution < -0.4 is 14.8 Å². The first-order chi connectivity index (χ1) is 14.7. The molecule has 0 saturated heterocycles. The van der Waals surface area contributed by atoms with E-state index in [1.165, 1.54) is 6.08 Å². The van der Waals surface area contributed by atoms with Gasteiger partial charge >= 0.3 is 0 Å². The molecule has 6 nitrogen and oxygen atoms in total. The summed E-state index contributed by atoms with van der Waals surface area (Å²) in [4.78, 5) is 16.3. The molecule has 1 heterocycles. The Kier molecular flexibility index (Phi) is 7.58. The summed E-state index contributed by atoms with van der Waals surface area (Å²) in [5, 5.41) is 11.4. The summed E-state index contributed by atoms with van der Waals surface area (Å²) in [5.41, 5.74) is 2.65.